The first-order valence-corrected chi connectivity index (χ1v) is 8.43. The lowest BCUT2D eigenvalue weighted by atomic mass is 10.00. The average molecular weight is 358 g/mol. The third-order valence-corrected chi connectivity index (χ3v) is 3.82. The molecule has 0 saturated heterocycles. The van der Waals surface area contributed by atoms with Crippen molar-refractivity contribution < 1.29 is 19.8 Å². The molecule has 2 atom stereocenters. The largest absolute Gasteiger partial charge is 0.481 e. The Morgan fingerprint density at radius 3 is 1.92 bits per heavy atom. The van der Waals surface area contributed by atoms with Crippen LogP contribution in [0.15, 0.2) is 60.7 Å². The van der Waals surface area contributed by atoms with E-state index in [0.717, 1.165) is 18.4 Å². The van der Waals surface area contributed by atoms with Crippen molar-refractivity contribution in [2.75, 3.05) is 6.54 Å². The summed E-state index contributed by atoms with van der Waals surface area (Å²) in [6, 6.07) is 18.7. The van der Waals surface area contributed by atoms with E-state index in [1.54, 1.807) is 24.3 Å². The number of carboxylic acid groups (broad SMARTS) is 2. The molecule has 0 aliphatic heterocycles. The summed E-state index contributed by atoms with van der Waals surface area (Å²) in [5.41, 5.74) is 12.9. The minimum Gasteiger partial charge on any atom is -0.481 e. The molecule has 26 heavy (non-hydrogen) atoms. The van der Waals surface area contributed by atoms with Gasteiger partial charge in [-0.2, -0.15) is 0 Å². The number of rotatable bonds is 8. The summed E-state index contributed by atoms with van der Waals surface area (Å²) in [6.07, 6.45) is 1.61. The molecule has 0 unspecified atom stereocenters. The molecule has 140 valence electrons. The molecule has 2 rings (SSSR count). The zero-order valence-electron chi connectivity index (χ0n) is 14.6. The predicted molar refractivity (Wildman–Crippen MR) is 101 cm³/mol. The third-order valence-electron chi connectivity index (χ3n) is 3.82. The van der Waals surface area contributed by atoms with E-state index in [1.807, 2.05) is 36.4 Å². The molecule has 0 saturated carbocycles. The average Bonchev–Trinajstić information content (AvgIpc) is 2.62. The molecule has 0 radical (unpaired) electrons. The molecule has 0 amide bonds. The van der Waals surface area contributed by atoms with Crippen LogP contribution >= 0.6 is 0 Å². The molecule has 0 spiro atoms. The molecule has 0 aromatic heterocycles. The zero-order valence-corrected chi connectivity index (χ0v) is 14.6. The Bertz CT molecular complexity index is 662. The van der Waals surface area contributed by atoms with E-state index >= 15 is 0 Å². The molecule has 6 heteroatoms. The number of carboxylic acids is 2. The van der Waals surface area contributed by atoms with Crippen molar-refractivity contribution in [3.8, 4) is 0 Å². The number of aryl methyl sites for hydroxylation is 1. The van der Waals surface area contributed by atoms with E-state index in [-0.39, 0.29) is 19.0 Å². The van der Waals surface area contributed by atoms with Gasteiger partial charge in [0.2, 0.25) is 0 Å². The van der Waals surface area contributed by atoms with Crippen LogP contribution < -0.4 is 11.5 Å². The highest BCUT2D eigenvalue weighted by Gasteiger charge is 2.16. The molecule has 0 bridgehead atoms. The van der Waals surface area contributed by atoms with Gasteiger partial charge in [-0.05, 0) is 24.0 Å². The van der Waals surface area contributed by atoms with Crippen molar-refractivity contribution in [2.45, 2.75) is 31.2 Å². The number of carbonyl (C=O) groups is 2. The summed E-state index contributed by atoms with van der Waals surface area (Å²) in [6.45, 7) is 0.138. The molecule has 6 N–H and O–H groups in total. The summed E-state index contributed by atoms with van der Waals surface area (Å²) in [7, 11) is 0. The van der Waals surface area contributed by atoms with Gasteiger partial charge in [0.05, 0.1) is 12.3 Å². The smallest absolute Gasteiger partial charge is 0.312 e. The number of hydrogen-bond acceptors (Lipinski definition) is 4. The van der Waals surface area contributed by atoms with Crippen molar-refractivity contribution >= 4 is 11.9 Å². The highest BCUT2D eigenvalue weighted by Crippen LogP contribution is 2.13. The van der Waals surface area contributed by atoms with Crippen LogP contribution in [0.4, 0.5) is 0 Å². The Hall–Kier alpha value is -2.70. The topological polar surface area (TPSA) is 127 Å². The number of aliphatic carboxylic acids is 2. The first-order chi connectivity index (χ1) is 12.4. The molecular formula is C20H26N2O4. The van der Waals surface area contributed by atoms with Crippen molar-refractivity contribution in [3.05, 3.63) is 71.8 Å². The predicted octanol–water partition coefficient (Wildman–Crippen LogP) is 2.23. The molecule has 0 aliphatic carbocycles. The first-order valence-electron chi connectivity index (χ1n) is 8.43. The van der Waals surface area contributed by atoms with Crippen molar-refractivity contribution in [1.29, 1.82) is 0 Å². The van der Waals surface area contributed by atoms with Crippen LogP contribution in [0.25, 0.3) is 0 Å². The van der Waals surface area contributed by atoms with Crippen LogP contribution in [0.2, 0.25) is 0 Å². The Balaban J connectivity index is 0.000000263. The standard InChI is InChI=1S/C11H15NO2.C9H11NO2/c12-10(8-11(13)14)7-6-9-4-2-1-3-5-9;10-6-8(9(11)12)7-4-2-1-3-5-7/h1-5,10H,6-8,12H2,(H,13,14);1-5,8H,6,10H2,(H,11,12)/t10-;8-/m00/s1. The summed E-state index contributed by atoms with van der Waals surface area (Å²) in [5, 5.41) is 17.2. The lowest BCUT2D eigenvalue weighted by Gasteiger charge is -2.08. The minimum atomic E-state index is -0.872. The normalized spacial score (nSPS) is 12.4. The fourth-order valence-electron chi connectivity index (χ4n) is 2.39. The Morgan fingerprint density at radius 1 is 0.923 bits per heavy atom. The van der Waals surface area contributed by atoms with Gasteiger partial charge in [0.1, 0.15) is 0 Å². The van der Waals surface area contributed by atoms with Gasteiger partial charge in [0.25, 0.3) is 0 Å². The zero-order chi connectivity index (χ0) is 19.4. The maximum Gasteiger partial charge on any atom is 0.312 e. The van der Waals surface area contributed by atoms with Crippen LogP contribution in [0.5, 0.6) is 0 Å². The summed E-state index contributed by atoms with van der Waals surface area (Å²) in [4.78, 5) is 21.0. The van der Waals surface area contributed by atoms with Gasteiger partial charge in [-0.25, -0.2) is 0 Å². The second kappa shape index (κ2) is 11.8. The number of hydrogen-bond donors (Lipinski definition) is 4. The lowest BCUT2D eigenvalue weighted by molar-refractivity contribution is -0.139. The van der Waals surface area contributed by atoms with Crippen molar-refractivity contribution in [2.24, 2.45) is 11.5 Å². The van der Waals surface area contributed by atoms with Gasteiger partial charge in [0.15, 0.2) is 0 Å². The molecule has 0 heterocycles. The molecule has 0 fully saturated rings. The monoisotopic (exact) mass is 358 g/mol. The second-order valence-corrected chi connectivity index (χ2v) is 5.92. The number of nitrogens with two attached hydrogens (primary N) is 2. The second-order valence-electron chi connectivity index (χ2n) is 5.92. The molecule has 0 aliphatic rings. The highest BCUT2D eigenvalue weighted by molar-refractivity contribution is 5.76. The number of benzene rings is 2. The van der Waals surface area contributed by atoms with Crippen LogP contribution in [0.1, 0.15) is 29.9 Å². The van der Waals surface area contributed by atoms with E-state index in [1.165, 1.54) is 5.56 Å². The fourth-order valence-corrected chi connectivity index (χ4v) is 2.39. The summed E-state index contributed by atoms with van der Waals surface area (Å²) >= 11 is 0. The van der Waals surface area contributed by atoms with E-state index in [0.29, 0.717) is 0 Å². The molecule has 2 aromatic rings. The Labute approximate surface area is 153 Å². The van der Waals surface area contributed by atoms with Crippen molar-refractivity contribution in [1.82, 2.24) is 0 Å². The van der Waals surface area contributed by atoms with E-state index in [9.17, 15) is 9.59 Å². The SMILES string of the molecule is NC[C@H](C(=O)O)c1ccccc1.N[C@@H](CCc1ccccc1)CC(=O)O. The van der Waals surface area contributed by atoms with Crippen LogP contribution in [-0.4, -0.2) is 34.7 Å². The minimum absolute atomic E-state index is 0.0484. The molecular weight excluding hydrogens is 332 g/mol. The van der Waals surface area contributed by atoms with Crippen molar-refractivity contribution in [3.63, 3.8) is 0 Å². The summed E-state index contributed by atoms with van der Waals surface area (Å²) in [5.74, 6) is -2.28. The van der Waals surface area contributed by atoms with Crippen LogP contribution in [-0.2, 0) is 16.0 Å². The van der Waals surface area contributed by atoms with Crippen LogP contribution in [0.3, 0.4) is 0 Å². The Morgan fingerprint density at radius 2 is 1.46 bits per heavy atom. The summed E-state index contributed by atoms with van der Waals surface area (Å²) < 4.78 is 0. The molecule has 6 nitrogen and oxygen atoms in total. The third kappa shape index (κ3) is 8.41. The quantitative estimate of drug-likeness (QED) is 0.573. The van der Waals surface area contributed by atoms with Gasteiger partial charge in [0, 0.05) is 12.6 Å². The van der Waals surface area contributed by atoms with E-state index < -0.39 is 17.9 Å². The van der Waals surface area contributed by atoms with Gasteiger partial charge in [-0.1, -0.05) is 60.7 Å². The van der Waals surface area contributed by atoms with Gasteiger partial charge >= 0.3 is 11.9 Å². The first kappa shape index (κ1) is 21.3. The Kier molecular flexibility index (Phi) is 9.67. The van der Waals surface area contributed by atoms with Gasteiger partial charge in [-0.15, -0.1) is 0 Å². The van der Waals surface area contributed by atoms with E-state index in [4.69, 9.17) is 21.7 Å². The van der Waals surface area contributed by atoms with Crippen LogP contribution in [0, 0.1) is 0 Å². The molecule has 2 aromatic carbocycles. The maximum atomic E-state index is 10.7. The van der Waals surface area contributed by atoms with E-state index in [2.05, 4.69) is 0 Å². The van der Waals surface area contributed by atoms with Gasteiger partial charge < -0.3 is 21.7 Å². The lowest BCUT2D eigenvalue weighted by Crippen LogP contribution is -2.24. The highest BCUT2D eigenvalue weighted by atomic mass is 16.4. The fraction of sp³-hybridized carbons (Fsp3) is 0.300. The maximum absolute atomic E-state index is 10.7. The van der Waals surface area contributed by atoms with Gasteiger partial charge in [-0.3, -0.25) is 9.59 Å².